The molecule has 0 heterocycles. The monoisotopic (exact) mass is 281 g/mol. The van der Waals surface area contributed by atoms with Crippen molar-refractivity contribution in [3.8, 4) is 0 Å². The summed E-state index contributed by atoms with van der Waals surface area (Å²) in [7, 11) is 0. The smallest absolute Gasteiger partial charge is 0.139 e. The number of carbonyl (C=O) groups excluding carboxylic acids is 1. The van der Waals surface area contributed by atoms with Crippen molar-refractivity contribution < 1.29 is 4.79 Å². The van der Waals surface area contributed by atoms with Crippen LogP contribution in [0.4, 0.5) is 5.69 Å². The summed E-state index contributed by atoms with van der Waals surface area (Å²) in [6, 6.07) is 5.74. The molecule has 3 heteroatoms. The van der Waals surface area contributed by atoms with Gasteiger partial charge in [-0.25, -0.2) is 0 Å². The molecule has 21 heavy (non-hydrogen) atoms. The number of nitroso groups, excluding NO2 is 1. The van der Waals surface area contributed by atoms with E-state index in [9.17, 15) is 9.70 Å². The number of carbonyl (C=O) groups is 1. The average molecular weight is 281 g/mol. The Balaban J connectivity index is 1.86. The van der Waals surface area contributed by atoms with Gasteiger partial charge in [-0.15, -0.1) is 4.91 Å². The molecule has 3 aliphatic carbocycles. The molecule has 0 bridgehead atoms. The zero-order valence-electron chi connectivity index (χ0n) is 12.3. The van der Waals surface area contributed by atoms with Crippen LogP contribution in [0.2, 0.25) is 0 Å². The molecular formula is C18H19NO2. The number of nitrogens with zero attached hydrogens (tertiary/aromatic N) is 1. The molecule has 2 unspecified atom stereocenters. The maximum absolute atomic E-state index is 12.3. The van der Waals surface area contributed by atoms with E-state index in [0.717, 1.165) is 37.3 Å². The number of ketones is 1. The zero-order valence-corrected chi connectivity index (χ0v) is 12.3. The Kier molecular flexibility index (Phi) is 2.69. The lowest BCUT2D eigenvalue weighted by atomic mass is 9.60. The SMILES string of the molecule is C[C@]12CCC3=c4ccc(N=O)cc4=CCC3C1CCC2=O. The van der Waals surface area contributed by atoms with Crippen LogP contribution < -0.4 is 10.4 Å². The minimum absolute atomic E-state index is 0.0934. The van der Waals surface area contributed by atoms with Crippen LogP contribution in [0.25, 0.3) is 11.6 Å². The third kappa shape index (κ3) is 1.69. The Hall–Kier alpha value is -1.77. The van der Waals surface area contributed by atoms with Gasteiger partial charge in [-0.2, -0.15) is 0 Å². The highest BCUT2D eigenvalue weighted by Crippen LogP contribution is 2.55. The number of benzene rings is 1. The van der Waals surface area contributed by atoms with Gasteiger partial charge in [-0.3, -0.25) is 4.79 Å². The number of rotatable bonds is 1. The summed E-state index contributed by atoms with van der Waals surface area (Å²) in [5.41, 5.74) is 1.91. The first-order valence-electron chi connectivity index (χ1n) is 7.83. The predicted octanol–water partition coefficient (Wildman–Crippen LogP) is 2.81. The Labute approximate surface area is 123 Å². The fraction of sp³-hybridized carbons (Fsp3) is 0.500. The van der Waals surface area contributed by atoms with Crippen LogP contribution in [0, 0.1) is 22.2 Å². The van der Waals surface area contributed by atoms with Gasteiger partial charge in [-0.05, 0) is 65.3 Å². The maximum Gasteiger partial charge on any atom is 0.139 e. The second kappa shape index (κ2) is 4.36. The minimum Gasteiger partial charge on any atom is -0.299 e. The Morgan fingerprint density at radius 2 is 2.14 bits per heavy atom. The molecule has 0 aliphatic heterocycles. The van der Waals surface area contributed by atoms with Gasteiger partial charge in [0.1, 0.15) is 11.5 Å². The summed E-state index contributed by atoms with van der Waals surface area (Å²) < 4.78 is 0. The van der Waals surface area contributed by atoms with Gasteiger partial charge in [-0.1, -0.05) is 24.6 Å². The predicted molar refractivity (Wildman–Crippen MR) is 82.2 cm³/mol. The van der Waals surface area contributed by atoms with Crippen LogP contribution in [0.15, 0.2) is 23.4 Å². The van der Waals surface area contributed by atoms with Crippen LogP contribution in [0.1, 0.15) is 39.0 Å². The highest BCUT2D eigenvalue weighted by Gasteiger charge is 2.52. The fourth-order valence-corrected chi connectivity index (χ4v) is 4.85. The van der Waals surface area contributed by atoms with Crippen LogP contribution in [0.5, 0.6) is 0 Å². The van der Waals surface area contributed by atoms with Crippen LogP contribution in [-0.2, 0) is 4.79 Å². The summed E-state index contributed by atoms with van der Waals surface area (Å²) in [5.74, 6) is 1.48. The van der Waals surface area contributed by atoms with Crippen LogP contribution in [0.3, 0.4) is 0 Å². The van der Waals surface area contributed by atoms with E-state index in [0.29, 0.717) is 23.3 Å². The molecule has 2 saturated carbocycles. The highest BCUT2D eigenvalue weighted by molar-refractivity contribution is 5.88. The summed E-state index contributed by atoms with van der Waals surface area (Å²) in [4.78, 5) is 23.0. The van der Waals surface area contributed by atoms with E-state index in [1.807, 2.05) is 18.2 Å². The molecule has 3 aliphatic rings. The number of hydrogen-bond acceptors (Lipinski definition) is 3. The van der Waals surface area contributed by atoms with Crippen LogP contribution >= 0.6 is 0 Å². The Morgan fingerprint density at radius 1 is 1.29 bits per heavy atom. The molecule has 0 aromatic heterocycles. The van der Waals surface area contributed by atoms with Gasteiger partial charge in [0.25, 0.3) is 0 Å². The first-order chi connectivity index (χ1) is 10.1. The molecule has 0 radical (unpaired) electrons. The molecule has 0 N–H and O–H groups in total. The summed E-state index contributed by atoms with van der Waals surface area (Å²) >= 11 is 0. The lowest BCUT2D eigenvalue weighted by Gasteiger charge is -2.43. The molecule has 108 valence electrons. The molecule has 0 saturated heterocycles. The molecule has 2 fully saturated rings. The van der Waals surface area contributed by atoms with Crippen molar-refractivity contribution >= 4 is 23.1 Å². The third-order valence-electron chi connectivity index (χ3n) is 6.06. The van der Waals surface area contributed by atoms with Crippen molar-refractivity contribution in [2.45, 2.75) is 39.0 Å². The summed E-state index contributed by atoms with van der Waals surface area (Å²) in [6.07, 6.45) is 7.02. The number of Topliss-reactive ketones (excluding diaryl/α,β-unsaturated/α-hetero) is 1. The molecular weight excluding hydrogens is 262 g/mol. The van der Waals surface area contributed by atoms with E-state index < -0.39 is 0 Å². The van der Waals surface area contributed by atoms with Gasteiger partial charge < -0.3 is 0 Å². The van der Waals surface area contributed by atoms with E-state index in [4.69, 9.17) is 0 Å². The Morgan fingerprint density at radius 3 is 2.95 bits per heavy atom. The third-order valence-corrected chi connectivity index (χ3v) is 6.06. The molecule has 1 aromatic carbocycles. The van der Waals surface area contributed by atoms with E-state index >= 15 is 0 Å². The molecule has 1 aromatic rings. The van der Waals surface area contributed by atoms with Crippen molar-refractivity contribution in [3.63, 3.8) is 0 Å². The number of fused-ring (bicyclic) bond motifs is 4. The summed E-state index contributed by atoms with van der Waals surface area (Å²) in [6.45, 7) is 2.18. The molecule has 4 rings (SSSR count). The van der Waals surface area contributed by atoms with E-state index in [2.05, 4.69) is 18.2 Å². The van der Waals surface area contributed by atoms with Gasteiger partial charge in [0.2, 0.25) is 0 Å². The zero-order chi connectivity index (χ0) is 14.6. The second-order valence-corrected chi connectivity index (χ2v) is 6.92. The van der Waals surface area contributed by atoms with Gasteiger partial charge >= 0.3 is 0 Å². The first-order valence-corrected chi connectivity index (χ1v) is 7.83. The first kappa shape index (κ1) is 12.9. The van der Waals surface area contributed by atoms with Gasteiger partial charge in [0, 0.05) is 11.8 Å². The summed E-state index contributed by atoms with van der Waals surface area (Å²) in [5, 5.41) is 5.46. The lowest BCUT2D eigenvalue weighted by Crippen LogP contribution is -2.43. The quantitative estimate of drug-likeness (QED) is 0.743. The molecule has 0 spiro atoms. The topological polar surface area (TPSA) is 46.5 Å². The fourth-order valence-electron chi connectivity index (χ4n) is 4.85. The molecule has 3 nitrogen and oxygen atoms in total. The number of hydrogen-bond donors (Lipinski definition) is 0. The normalized spacial score (nSPS) is 33.8. The van der Waals surface area contributed by atoms with Gasteiger partial charge in [0.15, 0.2) is 0 Å². The maximum atomic E-state index is 12.3. The standard InChI is InChI=1S/C18H19NO2/c1-18-9-8-14-13-5-3-12(19-21)10-11(13)2-4-15(14)16(18)6-7-17(18)20/h2-3,5,10,15-16H,4,6-9H2,1H3/t15?,16?,18-/m0/s1. The van der Waals surface area contributed by atoms with Crippen LogP contribution in [-0.4, -0.2) is 5.78 Å². The molecule has 0 amide bonds. The second-order valence-electron chi connectivity index (χ2n) is 6.92. The minimum atomic E-state index is -0.0934. The van der Waals surface area contributed by atoms with Crippen molar-refractivity contribution in [2.24, 2.45) is 22.4 Å². The van der Waals surface area contributed by atoms with E-state index in [1.165, 1.54) is 10.8 Å². The largest absolute Gasteiger partial charge is 0.299 e. The molecule has 3 atom stereocenters. The van der Waals surface area contributed by atoms with Crippen molar-refractivity contribution in [1.82, 2.24) is 0 Å². The average Bonchev–Trinajstić information content (AvgIpc) is 2.82. The van der Waals surface area contributed by atoms with Crippen molar-refractivity contribution in [2.75, 3.05) is 0 Å². The van der Waals surface area contributed by atoms with Gasteiger partial charge in [0.05, 0.1) is 0 Å². The lowest BCUT2D eigenvalue weighted by molar-refractivity contribution is -0.127. The van der Waals surface area contributed by atoms with Crippen molar-refractivity contribution in [1.29, 1.82) is 0 Å². The van der Waals surface area contributed by atoms with Crippen molar-refractivity contribution in [3.05, 3.63) is 33.5 Å². The van der Waals surface area contributed by atoms with E-state index in [1.54, 1.807) is 0 Å². The highest BCUT2D eigenvalue weighted by atomic mass is 16.3. The van der Waals surface area contributed by atoms with E-state index in [-0.39, 0.29) is 5.41 Å². The Bertz CT molecular complexity index is 764.